The zero-order valence-corrected chi connectivity index (χ0v) is 9.29. The molecule has 0 aromatic heterocycles. The molecule has 0 spiro atoms. The number of piperidine rings is 1. The monoisotopic (exact) mass is 184 g/mol. The van der Waals surface area contributed by atoms with Gasteiger partial charge in [-0.15, -0.1) is 0 Å². The highest BCUT2D eigenvalue weighted by atomic mass is 15.1. The molecule has 1 heterocycles. The molecule has 1 aliphatic heterocycles. The molecule has 0 aromatic carbocycles. The Bertz CT molecular complexity index is 145. The second-order valence-electron chi connectivity index (χ2n) is 4.84. The zero-order chi connectivity index (χ0) is 9.84. The third kappa shape index (κ3) is 3.28. The van der Waals surface area contributed by atoms with Crippen molar-refractivity contribution in [2.75, 3.05) is 26.2 Å². The smallest absolute Gasteiger partial charge is 0.00192 e. The van der Waals surface area contributed by atoms with Crippen LogP contribution in [0, 0.1) is 17.8 Å². The van der Waals surface area contributed by atoms with Crippen LogP contribution in [0.1, 0.15) is 27.2 Å². The number of hydrogen-bond donors (Lipinski definition) is 1. The minimum Gasteiger partial charge on any atom is -0.330 e. The average molecular weight is 184 g/mol. The van der Waals surface area contributed by atoms with E-state index in [9.17, 15) is 0 Å². The molecular formula is C11H24N2. The summed E-state index contributed by atoms with van der Waals surface area (Å²) < 4.78 is 0. The van der Waals surface area contributed by atoms with E-state index in [-0.39, 0.29) is 0 Å². The highest BCUT2D eigenvalue weighted by Gasteiger charge is 2.22. The van der Waals surface area contributed by atoms with Gasteiger partial charge in [-0.3, -0.25) is 0 Å². The molecular weight excluding hydrogens is 160 g/mol. The van der Waals surface area contributed by atoms with Gasteiger partial charge in [-0.2, -0.15) is 0 Å². The molecule has 13 heavy (non-hydrogen) atoms. The van der Waals surface area contributed by atoms with Crippen molar-refractivity contribution in [3.8, 4) is 0 Å². The topological polar surface area (TPSA) is 29.3 Å². The lowest BCUT2D eigenvalue weighted by Gasteiger charge is -2.36. The second-order valence-corrected chi connectivity index (χ2v) is 4.84. The van der Waals surface area contributed by atoms with Crippen molar-refractivity contribution in [2.45, 2.75) is 27.2 Å². The van der Waals surface area contributed by atoms with Gasteiger partial charge in [0, 0.05) is 13.1 Å². The molecule has 0 saturated carbocycles. The summed E-state index contributed by atoms with van der Waals surface area (Å²) in [6.07, 6.45) is 1.36. The predicted molar refractivity (Wildman–Crippen MR) is 57.6 cm³/mol. The summed E-state index contributed by atoms with van der Waals surface area (Å²) >= 11 is 0. The van der Waals surface area contributed by atoms with Crippen LogP contribution in [0.25, 0.3) is 0 Å². The molecule has 1 saturated heterocycles. The van der Waals surface area contributed by atoms with Crippen molar-refractivity contribution in [3.63, 3.8) is 0 Å². The van der Waals surface area contributed by atoms with Crippen LogP contribution in [0.5, 0.6) is 0 Å². The Morgan fingerprint density at radius 1 is 1.38 bits per heavy atom. The number of nitrogens with zero attached hydrogens (tertiary/aromatic N) is 1. The number of hydrogen-bond acceptors (Lipinski definition) is 2. The van der Waals surface area contributed by atoms with Crippen molar-refractivity contribution in [2.24, 2.45) is 23.5 Å². The van der Waals surface area contributed by atoms with Gasteiger partial charge in [0.1, 0.15) is 0 Å². The maximum Gasteiger partial charge on any atom is 0.00192 e. The van der Waals surface area contributed by atoms with Crippen molar-refractivity contribution in [3.05, 3.63) is 0 Å². The van der Waals surface area contributed by atoms with E-state index in [0.29, 0.717) is 5.92 Å². The maximum atomic E-state index is 5.62. The van der Waals surface area contributed by atoms with E-state index in [1.807, 2.05) is 0 Å². The normalized spacial score (nSPS) is 33.2. The third-order valence-corrected chi connectivity index (χ3v) is 3.39. The summed E-state index contributed by atoms with van der Waals surface area (Å²) in [6, 6.07) is 0. The van der Waals surface area contributed by atoms with Crippen LogP contribution in [0.4, 0.5) is 0 Å². The molecule has 0 amide bonds. The highest BCUT2D eigenvalue weighted by molar-refractivity contribution is 4.76. The lowest BCUT2D eigenvalue weighted by molar-refractivity contribution is 0.124. The van der Waals surface area contributed by atoms with E-state index in [1.54, 1.807) is 0 Å². The fourth-order valence-electron chi connectivity index (χ4n) is 2.03. The van der Waals surface area contributed by atoms with Crippen molar-refractivity contribution >= 4 is 0 Å². The quantitative estimate of drug-likeness (QED) is 0.721. The second kappa shape index (κ2) is 4.97. The van der Waals surface area contributed by atoms with Gasteiger partial charge >= 0.3 is 0 Å². The lowest BCUT2D eigenvalue weighted by Crippen LogP contribution is -2.41. The standard InChI is InChI=1S/C11H24N2/c1-9(6-12)7-13-5-4-10(2)11(3)8-13/h9-11H,4-8,12H2,1-3H3. The molecule has 3 atom stereocenters. The zero-order valence-electron chi connectivity index (χ0n) is 9.29. The van der Waals surface area contributed by atoms with E-state index in [0.717, 1.165) is 18.4 Å². The average Bonchev–Trinajstić information content (AvgIpc) is 2.11. The van der Waals surface area contributed by atoms with E-state index in [2.05, 4.69) is 25.7 Å². The van der Waals surface area contributed by atoms with E-state index >= 15 is 0 Å². The van der Waals surface area contributed by atoms with Gasteiger partial charge in [-0.05, 0) is 37.3 Å². The van der Waals surface area contributed by atoms with Crippen LogP contribution in [0.3, 0.4) is 0 Å². The molecule has 1 rings (SSSR count). The molecule has 1 fully saturated rings. The van der Waals surface area contributed by atoms with Crippen LogP contribution in [-0.2, 0) is 0 Å². The van der Waals surface area contributed by atoms with Gasteiger partial charge in [0.2, 0.25) is 0 Å². The van der Waals surface area contributed by atoms with Crippen LogP contribution in [0.2, 0.25) is 0 Å². The Hall–Kier alpha value is -0.0800. The maximum absolute atomic E-state index is 5.62. The molecule has 2 heteroatoms. The van der Waals surface area contributed by atoms with Crippen molar-refractivity contribution in [1.82, 2.24) is 4.90 Å². The van der Waals surface area contributed by atoms with E-state index < -0.39 is 0 Å². The summed E-state index contributed by atoms with van der Waals surface area (Å²) in [6.45, 7) is 11.5. The summed E-state index contributed by atoms with van der Waals surface area (Å²) in [4.78, 5) is 2.57. The molecule has 0 aromatic rings. The molecule has 1 aliphatic rings. The van der Waals surface area contributed by atoms with Crippen molar-refractivity contribution < 1.29 is 0 Å². The van der Waals surface area contributed by atoms with Crippen LogP contribution >= 0.6 is 0 Å². The number of rotatable bonds is 3. The molecule has 78 valence electrons. The first-order chi connectivity index (χ1) is 6.13. The predicted octanol–water partition coefficient (Wildman–Crippen LogP) is 1.56. The summed E-state index contributed by atoms with van der Waals surface area (Å²) in [5.74, 6) is 2.42. The first-order valence-corrected chi connectivity index (χ1v) is 5.56. The van der Waals surface area contributed by atoms with E-state index in [1.165, 1.54) is 26.1 Å². The van der Waals surface area contributed by atoms with Crippen molar-refractivity contribution in [1.29, 1.82) is 0 Å². The fourth-order valence-corrected chi connectivity index (χ4v) is 2.03. The minimum absolute atomic E-state index is 0.653. The van der Waals surface area contributed by atoms with Gasteiger partial charge in [-0.25, -0.2) is 0 Å². The van der Waals surface area contributed by atoms with Gasteiger partial charge < -0.3 is 10.6 Å². The largest absolute Gasteiger partial charge is 0.330 e. The van der Waals surface area contributed by atoms with Crippen LogP contribution in [0.15, 0.2) is 0 Å². The summed E-state index contributed by atoms with van der Waals surface area (Å²) in [5.41, 5.74) is 5.62. The SMILES string of the molecule is CC(CN)CN1CCC(C)C(C)C1. The molecule has 2 N–H and O–H groups in total. The molecule has 0 radical (unpaired) electrons. The lowest BCUT2D eigenvalue weighted by atomic mass is 9.88. The molecule has 0 aliphatic carbocycles. The summed E-state index contributed by atoms with van der Waals surface area (Å²) in [5, 5.41) is 0. The van der Waals surface area contributed by atoms with Crippen LogP contribution < -0.4 is 5.73 Å². The number of nitrogens with two attached hydrogens (primary N) is 1. The number of likely N-dealkylation sites (tertiary alicyclic amines) is 1. The first kappa shape index (κ1) is 11.0. The van der Waals surface area contributed by atoms with Crippen LogP contribution in [-0.4, -0.2) is 31.1 Å². The molecule has 0 bridgehead atoms. The fraction of sp³-hybridized carbons (Fsp3) is 1.00. The van der Waals surface area contributed by atoms with E-state index in [4.69, 9.17) is 5.73 Å². The first-order valence-electron chi connectivity index (χ1n) is 5.56. The Balaban J connectivity index is 2.29. The minimum atomic E-state index is 0.653. The molecule has 2 nitrogen and oxygen atoms in total. The Kier molecular flexibility index (Phi) is 4.20. The molecule has 3 unspecified atom stereocenters. The summed E-state index contributed by atoms with van der Waals surface area (Å²) in [7, 11) is 0. The Morgan fingerprint density at radius 2 is 2.08 bits per heavy atom. The van der Waals surface area contributed by atoms with Gasteiger partial charge in [0.15, 0.2) is 0 Å². The van der Waals surface area contributed by atoms with Gasteiger partial charge in [0.25, 0.3) is 0 Å². The van der Waals surface area contributed by atoms with Gasteiger partial charge in [0.05, 0.1) is 0 Å². The Morgan fingerprint density at radius 3 is 2.62 bits per heavy atom. The Labute approximate surface area is 82.5 Å². The van der Waals surface area contributed by atoms with Gasteiger partial charge in [-0.1, -0.05) is 20.8 Å². The third-order valence-electron chi connectivity index (χ3n) is 3.39. The highest BCUT2D eigenvalue weighted by Crippen LogP contribution is 2.22.